The third-order valence-electron chi connectivity index (χ3n) is 3.00. The third kappa shape index (κ3) is 2.62. The zero-order valence-corrected chi connectivity index (χ0v) is 10.6. The van der Waals surface area contributed by atoms with Gasteiger partial charge in [-0.15, -0.1) is 0 Å². The summed E-state index contributed by atoms with van der Waals surface area (Å²) < 4.78 is 18.3. The van der Waals surface area contributed by atoms with Crippen molar-refractivity contribution in [3.8, 4) is 0 Å². The summed E-state index contributed by atoms with van der Waals surface area (Å²) in [4.78, 5) is 4.30. The molecule has 2 heterocycles. The van der Waals surface area contributed by atoms with Crippen LogP contribution in [-0.2, 0) is 0 Å². The Hall–Kier alpha value is -2.40. The van der Waals surface area contributed by atoms with Crippen molar-refractivity contribution in [2.24, 2.45) is 0 Å². The third-order valence-corrected chi connectivity index (χ3v) is 3.00. The van der Waals surface area contributed by atoms with Crippen molar-refractivity contribution in [2.45, 2.75) is 6.10 Å². The van der Waals surface area contributed by atoms with Gasteiger partial charge in [-0.2, -0.15) is 0 Å². The average molecular weight is 272 g/mol. The molecule has 3 rings (SSSR count). The zero-order valence-electron chi connectivity index (χ0n) is 10.6. The molecule has 2 aromatic heterocycles. The molecule has 102 valence electrons. The fourth-order valence-electron chi connectivity index (χ4n) is 1.97. The van der Waals surface area contributed by atoms with E-state index in [9.17, 15) is 9.50 Å². The minimum atomic E-state index is -0.755. The Morgan fingerprint density at radius 3 is 2.90 bits per heavy atom. The van der Waals surface area contributed by atoms with Gasteiger partial charge in [-0.3, -0.25) is 0 Å². The first-order chi connectivity index (χ1) is 9.72. The highest BCUT2D eigenvalue weighted by molar-refractivity contribution is 5.80. The number of hydrogen-bond donors (Lipinski definition) is 2. The van der Waals surface area contributed by atoms with E-state index in [1.165, 1.54) is 18.4 Å². The summed E-state index contributed by atoms with van der Waals surface area (Å²) in [6.45, 7) is 0.265. The Kier molecular flexibility index (Phi) is 3.35. The quantitative estimate of drug-likeness (QED) is 0.766. The van der Waals surface area contributed by atoms with E-state index in [1.54, 1.807) is 24.3 Å². The van der Waals surface area contributed by atoms with Gasteiger partial charge in [0, 0.05) is 18.0 Å². The van der Waals surface area contributed by atoms with Gasteiger partial charge in [0.15, 0.2) is 0 Å². The van der Waals surface area contributed by atoms with Crippen LogP contribution in [-0.4, -0.2) is 16.6 Å². The van der Waals surface area contributed by atoms with Gasteiger partial charge in [-0.05, 0) is 36.4 Å². The summed E-state index contributed by atoms with van der Waals surface area (Å²) in [5.74, 6) is 0.746. The molecule has 0 spiro atoms. The lowest BCUT2D eigenvalue weighted by Gasteiger charge is -2.10. The number of aromatic nitrogens is 1. The molecule has 2 N–H and O–H groups in total. The lowest BCUT2D eigenvalue weighted by Crippen LogP contribution is -2.12. The van der Waals surface area contributed by atoms with Crippen LogP contribution >= 0.6 is 0 Å². The van der Waals surface area contributed by atoms with Gasteiger partial charge >= 0.3 is 0 Å². The normalized spacial score (nSPS) is 12.5. The van der Waals surface area contributed by atoms with Crippen LogP contribution in [0, 0.1) is 5.82 Å². The number of fused-ring (bicyclic) bond motifs is 1. The number of aliphatic hydroxyl groups is 1. The lowest BCUT2D eigenvalue weighted by atomic mass is 10.2. The molecule has 1 atom stereocenters. The number of furan rings is 1. The highest BCUT2D eigenvalue weighted by Gasteiger charge is 2.10. The Morgan fingerprint density at radius 2 is 2.10 bits per heavy atom. The lowest BCUT2D eigenvalue weighted by molar-refractivity contribution is 0.162. The van der Waals surface area contributed by atoms with Crippen LogP contribution in [0.25, 0.3) is 10.9 Å². The van der Waals surface area contributed by atoms with Crippen molar-refractivity contribution in [3.05, 3.63) is 60.3 Å². The second-order valence-electron chi connectivity index (χ2n) is 4.45. The van der Waals surface area contributed by atoms with E-state index < -0.39 is 6.10 Å². The van der Waals surface area contributed by atoms with Crippen molar-refractivity contribution >= 4 is 16.7 Å². The number of anilines is 1. The minimum absolute atomic E-state index is 0.265. The molecule has 4 nitrogen and oxygen atoms in total. The smallest absolute Gasteiger partial charge is 0.134 e. The molecule has 0 aliphatic rings. The first kappa shape index (κ1) is 12.6. The van der Waals surface area contributed by atoms with Crippen LogP contribution < -0.4 is 5.32 Å². The van der Waals surface area contributed by atoms with Gasteiger partial charge in [0.2, 0.25) is 0 Å². The number of nitrogens with one attached hydrogen (secondary N) is 1. The molecule has 0 unspecified atom stereocenters. The molecule has 0 aliphatic carbocycles. The van der Waals surface area contributed by atoms with Gasteiger partial charge < -0.3 is 14.8 Å². The Labute approximate surface area is 114 Å². The summed E-state index contributed by atoms with van der Waals surface area (Å²) in [5.41, 5.74) is 0.572. The zero-order chi connectivity index (χ0) is 13.9. The molecular weight excluding hydrogens is 259 g/mol. The Morgan fingerprint density at radius 1 is 1.25 bits per heavy atom. The summed E-state index contributed by atoms with van der Waals surface area (Å²) in [7, 11) is 0. The van der Waals surface area contributed by atoms with Gasteiger partial charge in [-0.1, -0.05) is 0 Å². The molecule has 0 radical (unpaired) electrons. The van der Waals surface area contributed by atoms with E-state index in [2.05, 4.69) is 10.3 Å². The van der Waals surface area contributed by atoms with Crippen molar-refractivity contribution < 1.29 is 13.9 Å². The van der Waals surface area contributed by atoms with Crippen LogP contribution in [0.2, 0.25) is 0 Å². The van der Waals surface area contributed by atoms with Gasteiger partial charge in [-0.25, -0.2) is 9.37 Å². The van der Waals surface area contributed by atoms with Crippen LogP contribution in [0.1, 0.15) is 11.9 Å². The molecule has 5 heteroatoms. The summed E-state index contributed by atoms with van der Waals surface area (Å²) >= 11 is 0. The Bertz CT molecular complexity index is 713. The molecule has 20 heavy (non-hydrogen) atoms. The fourth-order valence-corrected chi connectivity index (χ4v) is 1.97. The number of aliphatic hydroxyl groups excluding tert-OH is 1. The number of benzene rings is 1. The summed E-state index contributed by atoms with van der Waals surface area (Å²) in [5, 5.41) is 13.7. The van der Waals surface area contributed by atoms with E-state index in [0.29, 0.717) is 17.1 Å². The topological polar surface area (TPSA) is 58.3 Å². The number of rotatable bonds is 4. The monoisotopic (exact) mass is 272 g/mol. The molecule has 0 fully saturated rings. The maximum atomic E-state index is 13.2. The fraction of sp³-hybridized carbons (Fsp3) is 0.133. The van der Waals surface area contributed by atoms with Crippen molar-refractivity contribution in [3.63, 3.8) is 0 Å². The molecule has 0 saturated carbocycles. The first-order valence-corrected chi connectivity index (χ1v) is 6.24. The molecular formula is C15H13FN2O2. The highest BCUT2D eigenvalue weighted by Crippen LogP contribution is 2.18. The SMILES string of the molecule is O[C@H](CNc1ccc2ccc(F)cc2n1)c1ccco1. The van der Waals surface area contributed by atoms with E-state index in [4.69, 9.17) is 4.42 Å². The standard InChI is InChI=1S/C15H13FN2O2/c16-11-5-3-10-4-6-15(18-12(10)8-11)17-9-13(19)14-2-1-7-20-14/h1-8,13,19H,9H2,(H,17,18)/t13-/m1/s1. The van der Waals surface area contributed by atoms with E-state index in [1.807, 2.05) is 6.07 Å². The van der Waals surface area contributed by atoms with Crippen LogP contribution in [0.4, 0.5) is 10.2 Å². The molecule has 0 amide bonds. The minimum Gasteiger partial charge on any atom is -0.467 e. The summed E-state index contributed by atoms with van der Waals surface area (Å²) in [6.07, 6.45) is 0.755. The Balaban J connectivity index is 1.74. The average Bonchev–Trinajstić information content (AvgIpc) is 2.98. The van der Waals surface area contributed by atoms with Crippen LogP contribution in [0.3, 0.4) is 0 Å². The van der Waals surface area contributed by atoms with Crippen molar-refractivity contribution in [2.75, 3.05) is 11.9 Å². The number of halogens is 1. The summed E-state index contributed by atoms with van der Waals surface area (Å²) in [6, 6.07) is 11.5. The molecule has 0 bridgehead atoms. The van der Waals surface area contributed by atoms with E-state index >= 15 is 0 Å². The predicted octanol–water partition coefficient (Wildman–Crippen LogP) is 3.11. The largest absolute Gasteiger partial charge is 0.467 e. The predicted molar refractivity (Wildman–Crippen MR) is 73.9 cm³/mol. The first-order valence-electron chi connectivity index (χ1n) is 6.24. The van der Waals surface area contributed by atoms with Crippen LogP contribution in [0.5, 0.6) is 0 Å². The van der Waals surface area contributed by atoms with Crippen LogP contribution in [0.15, 0.2) is 53.1 Å². The molecule has 3 aromatic rings. The second kappa shape index (κ2) is 5.30. The number of pyridine rings is 1. The molecule has 1 aromatic carbocycles. The van der Waals surface area contributed by atoms with Gasteiger partial charge in [0.1, 0.15) is 23.5 Å². The van der Waals surface area contributed by atoms with Gasteiger partial charge in [0.05, 0.1) is 11.8 Å². The molecule has 0 aliphatic heterocycles. The highest BCUT2D eigenvalue weighted by atomic mass is 19.1. The van der Waals surface area contributed by atoms with Crippen molar-refractivity contribution in [1.29, 1.82) is 0 Å². The molecule has 0 saturated heterocycles. The number of nitrogens with zero attached hydrogens (tertiary/aromatic N) is 1. The van der Waals surface area contributed by atoms with Gasteiger partial charge in [0.25, 0.3) is 0 Å². The number of hydrogen-bond acceptors (Lipinski definition) is 4. The van der Waals surface area contributed by atoms with Crippen molar-refractivity contribution in [1.82, 2.24) is 4.98 Å². The van der Waals surface area contributed by atoms with E-state index in [-0.39, 0.29) is 12.4 Å². The second-order valence-corrected chi connectivity index (χ2v) is 4.45. The maximum Gasteiger partial charge on any atom is 0.134 e. The maximum absolute atomic E-state index is 13.2. The van der Waals surface area contributed by atoms with E-state index in [0.717, 1.165) is 5.39 Å².